The number of phenolic OH excluding ortho intramolecular Hbond substituents is 2. The van der Waals surface area contributed by atoms with Crippen LogP contribution >= 0.6 is 0 Å². The van der Waals surface area contributed by atoms with Gasteiger partial charge >= 0.3 is 0 Å². The van der Waals surface area contributed by atoms with Crippen molar-refractivity contribution < 1.29 is 10.2 Å². The summed E-state index contributed by atoms with van der Waals surface area (Å²) in [5.74, 6) is 0.616. The lowest BCUT2D eigenvalue weighted by molar-refractivity contribution is 0.419. The van der Waals surface area contributed by atoms with Gasteiger partial charge < -0.3 is 15.5 Å². The van der Waals surface area contributed by atoms with Gasteiger partial charge in [-0.3, -0.25) is 0 Å². The quantitative estimate of drug-likeness (QED) is 0.587. The van der Waals surface area contributed by atoms with Crippen LogP contribution < -0.4 is 5.32 Å². The van der Waals surface area contributed by atoms with Gasteiger partial charge in [0.2, 0.25) is 0 Å². The van der Waals surface area contributed by atoms with Crippen molar-refractivity contribution >= 4 is 0 Å². The average molecular weight is 193 g/mol. The molecule has 3 nitrogen and oxygen atoms in total. The van der Waals surface area contributed by atoms with E-state index in [2.05, 4.69) is 5.32 Å². The van der Waals surface area contributed by atoms with E-state index < -0.39 is 0 Å². The van der Waals surface area contributed by atoms with Gasteiger partial charge in [-0.05, 0) is 38.4 Å². The average Bonchev–Trinajstić information content (AvgIpc) is 2.23. The Balaban J connectivity index is 2.40. The molecule has 1 aliphatic rings. The molecule has 1 aromatic carbocycles. The molecule has 76 valence electrons. The number of hydrogen-bond acceptors (Lipinski definition) is 3. The number of nitrogens with one attached hydrogen (secondary N) is 1. The molecule has 0 fully saturated rings. The highest BCUT2D eigenvalue weighted by atomic mass is 16.3. The third-order valence-corrected chi connectivity index (χ3v) is 2.98. The molecule has 0 bridgehead atoms. The van der Waals surface area contributed by atoms with Crippen molar-refractivity contribution in [1.82, 2.24) is 5.32 Å². The van der Waals surface area contributed by atoms with Crippen LogP contribution in [0, 0.1) is 0 Å². The summed E-state index contributed by atoms with van der Waals surface area (Å²) in [6, 6.07) is 3.54. The maximum absolute atomic E-state index is 9.66. The van der Waals surface area contributed by atoms with Crippen LogP contribution in [-0.2, 0) is 12.8 Å². The van der Waals surface area contributed by atoms with Crippen LogP contribution in [0.3, 0.4) is 0 Å². The molecule has 2 rings (SSSR count). The lowest BCUT2D eigenvalue weighted by Gasteiger charge is -2.25. The molecule has 0 amide bonds. The van der Waals surface area contributed by atoms with E-state index in [4.69, 9.17) is 0 Å². The molecule has 0 radical (unpaired) electrons. The molecule has 1 aromatic rings. The van der Waals surface area contributed by atoms with Crippen LogP contribution in [0.1, 0.15) is 17.5 Å². The predicted octanol–water partition coefficient (Wildman–Crippen LogP) is 1.17. The van der Waals surface area contributed by atoms with E-state index in [-0.39, 0.29) is 0 Å². The van der Waals surface area contributed by atoms with Crippen LogP contribution in [0.4, 0.5) is 0 Å². The predicted molar refractivity (Wildman–Crippen MR) is 54.6 cm³/mol. The van der Waals surface area contributed by atoms with Crippen LogP contribution in [0.5, 0.6) is 11.5 Å². The topological polar surface area (TPSA) is 52.5 Å². The van der Waals surface area contributed by atoms with Gasteiger partial charge in [0.15, 0.2) is 0 Å². The van der Waals surface area contributed by atoms with E-state index in [1.54, 1.807) is 12.1 Å². The van der Waals surface area contributed by atoms with E-state index >= 15 is 0 Å². The summed E-state index contributed by atoms with van der Waals surface area (Å²) in [7, 11) is 1.93. The summed E-state index contributed by atoms with van der Waals surface area (Å²) in [4.78, 5) is 0. The lowest BCUT2D eigenvalue weighted by Crippen LogP contribution is -2.31. The molecule has 3 heteroatoms. The maximum atomic E-state index is 9.66. The largest absolute Gasteiger partial charge is 0.508 e. The molecule has 3 N–H and O–H groups in total. The highest BCUT2D eigenvalue weighted by Gasteiger charge is 2.22. The third kappa shape index (κ3) is 1.44. The molecule has 0 saturated carbocycles. The molecule has 14 heavy (non-hydrogen) atoms. The van der Waals surface area contributed by atoms with Gasteiger partial charge in [-0.25, -0.2) is 0 Å². The maximum Gasteiger partial charge on any atom is 0.119 e. The fraction of sp³-hybridized carbons (Fsp3) is 0.455. The van der Waals surface area contributed by atoms with E-state index in [0.717, 1.165) is 30.4 Å². The molecule has 0 saturated heterocycles. The number of benzene rings is 1. The first-order valence-corrected chi connectivity index (χ1v) is 4.92. The van der Waals surface area contributed by atoms with Crippen molar-refractivity contribution in [3.63, 3.8) is 0 Å². The molecule has 0 heterocycles. The zero-order valence-electron chi connectivity index (χ0n) is 8.25. The first kappa shape index (κ1) is 9.34. The molecule has 1 aliphatic carbocycles. The van der Waals surface area contributed by atoms with Gasteiger partial charge in [0.05, 0.1) is 0 Å². The number of rotatable bonds is 1. The Bertz CT molecular complexity index is 349. The summed E-state index contributed by atoms with van der Waals surface area (Å²) < 4.78 is 0. The van der Waals surface area contributed by atoms with E-state index in [0.29, 0.717) is 17.5 Å². The Hall–Kier alpha value is -1.22. The van der Waals surface area contributed by atoms with Crippen molar-refractivity contribution in [2.45, 2.75) is 25.3 Å². The molecule has 1 unspecified atom stereocenters. The van der Waals surface area contributed by atoms with Gasteiger partial charge in [0.25, 0.3) is 0 Å². The van der Waals surface area contributed by atoms with Gasteiger partial charge in [0, 0.05) is 17.2 Å². The minimum absolute atomic E-state index is 0.303. The van der Waals surface area contributed by atoms with Gasteiger partial charge in [0.1, 0.15) is 11.5 Å². The molecular weight excluding hydrogens is 178 g/mol. The first-order valence-electron chi connectivity index (χ1n) is 4.92. The van der Waals surface area contributed by atoms with E-state index in [9.17, 15) is 10.2 Å². The zero-order valence-corrected chi connectivity index (χ0v) is 8.25. The standard InChI is InChI=1S/C11H15NO2/c1-12-7-2-3-8-9(6-7)11(14)5-4-10(8)13/h4-5,7,12-14H,2-3,6H2,1H3. The number of aromatic hydroxyl groups is 2. The van der Waals surface area contributed by atoms with Crippen molar-refractivity contribution in [3.05, 3.63) is 23.3 Å². The Morgan fingerprint density at radius 2 is 1.86 bits per heavy atom. The summed E-state index contributed by atoms with van der Waals surface area (Å²) >= 11 is 0. The number of fused-ring (bicyclic) bond motifs is 1. The second-order valence-corrected chi connectivity index (χ2v) is 3.79. The molecule has 0 spiro atoms. The smallest absolute Gasteiger partial charge is 0.119 e. The number of likely N-dealkylation sites (N-methyl/N-ethyl adjacent to an activating group) is 1. The SMILES string of the molecule is CNC1CCc2c(O)ccc(O)c2C1. The van der Waals surface area contributed by atoms with Gasteiger partial charge in [-0.15, -0.1) is 0 Å². The molecule has 0 aromatic heterocycles. The van der Waals surface area contributed by atoms with Crippen LogP contribution in [-0.4, -0.2) is 23.3 Å². The highest BCUT2D eigenvalue weighted by molar-refractivity contribution is 5.49. The second-order valence-electron chi connectivity index (χ2n) is 3.79. The zero-order chi connectivity index (χ0) is 10.1. The number of phenols is 2. The minimum atomic E-state index is 0.303. The van der Waals surface area contributed by atoms with Crippen LogP contribution in [0.25, 0.3) is 0 Å². The molecule has 1 atom stereocenters. The second kappa shape index (κ2) is 3.50. The highest BCUT2D eigenvalue weighted by Crippen LogP contribution is 2.34. The Morgan fingerprint density at radius 1 is 1.21 bits per heavy atom. The van der Waals surface area contributed by atoms with E-state index in [1.807, 2.05) is 7.05 Å². The Morgan fingerprint density at radius 3 is 2.50 bits per heavy atom. The summed E-state index contributed by atoms with van der Waals surface area (Å²) in [5.41, 5.74) is 1.81. The van der Waals surface area contributed by atoms with Crippen molar-refractivity contribution in [2.75, 3.05) is 7.05 Å². The first-order chi connectivity index (χ1) is 6.72. The summed E-state index contributed by atoms with van der Waals surface area (Å²) in [5, 5.41) is 22.5. The van der Waals surface area contributed by atoms with Crippen LogP contribution in [0.2, 0.25) is 0 Å². The Labute approximate surface area is 83.4 Å². The van der Waals surface area contributed by atoms with Crippen molar-refractivity contribution in [2.24, 2.45) is 0 Å². The fourth-order valence-electron chi connectivity index (χ4n) is 2.09. The summed E-state index contributed by atoms with van der Waals surface area (Å²) in [6.45, 7) is 0. The fourth-order valence-corrected chi connectivity index (χ4v) is 2.09. The van der Waals surface area contributed by atoms with Gasteiger partial charge in [-0.1, -0.05) is 0 Å². The van der Waals surface area contributed by atoms with Gasteiger partial charge in [-0.2, -0.15) is 0 Å². The van der Waals surface area contributed by atoms with Crippen molar-refractivity contribution in [1.29, 1.82) is 0 Å². The third-order valence-electron chi connectivity index (χ3n) is 2.98. The molecule has 0 aliphatic heterocycles. The van der Waals surface area contributed by atoms with Crippen LogP contribution in [0.15, 0.2) is 12.1 Å². The monoisotopic (exact) mass is 193 g/mol. The Kier molecular flexibility index (Phi) is 2.33. The van der Waals surface area contributed by atoms with E-state index in [1.165, 1.54) is 0 Å². The number of hydrogen-bond donors (Lipinski definition) is 3. The summed E-state index contributed by atoms with van der Waals surface area (Å²) in [6.07, 6.45) is 2.65. The van der Waals surface area contributed by atoms with Crippen molar-refractivity contribution in [3.8, 4) is 11.5 Å². The lowest BCUT2D eigenvalue weighted by atomic mass is 9.87. The normalized spacial score (nSPS) is 20.5. The molecular formula is C11H15NO2. The minimum Gasteiger partial charge on any atom is -0.508 e.